The molecule has 9 heteroatoms. The lowest BCUT2D eigenvalue weighted by Crippen LogP contribution is -2.50. The summed E-state index contributed by atoms with van der Waals surface area (Å²) in [6.45, 7) is 6.01. The lowest BCUT2D eigenvalue weighted by atomic mass is 9.62. The second kappa shape index (κ2) is 11.1. The Hall–Kier alpha value is -2.24. The molecule has 1 aliphatic carbocycles. The maximum Gasteiger partial charge on any atom is 0.238 e. The van der Waals surface area contributed by atoms with E-state index >= 15 is 8.78 Å². The van der Waals surface area contributed by atoms with Gasteiger partial charge in [-0.1, -0.05) is 62.2 Å². The van der Waals surface area contributed by atoms with E-state index in [1.807, 2.05) is 20.8 Å². The smallest absolute Gasteiger partial charge is 0.238 e. The van der Waals surface area contributed by atoms with Crippen molar-refractivity contribution in [3.63, 3.8) is 0 Å². The number of halogens is 4. The summed E-state index contributed by atoms with van der Waals surface area (Å²) in [5.74, 6) is -2.84. The van der Waals surface area contributed by atoms with Crippen molar-refractivity contribution in [1.29, 1.82) is 5.26 Å². The second-order valence-electron chi connectivity index (χ2n) is 11.8. The maximum atomic E-state index is 15.7. The molecule has 2 fully saturated rings. The van der Waals surface area contributed by atoms with Gasteiger partial charge in [0.05, 0.1) is 17.1 Å². The Kier molecular flexibility index (Phi) is 8.40. The van der Waals surface area contributed by atoms with E-state index in [2.05, 4.69) is 16.7 Å². The summed E-state index contributed by atoms with van der Waals surface area (Å²) in [6, 6.07) is 9.33. The fourth-order valence-corrected chi connectivity index (χ4v) is 6.45. The van der Waals surface area contributed by atoms with Gasteiger partial charge in [0, 0.05) is 34.6 Å². The molecule has 1 saturated carbocycles. The summed E-state index contributed by atoms with van der Waals surface area (Å²) < 4.78 is 31.3. The summed E-state index contributed by atoms with van der Waals surface area (Å²) in [5, 5.41) is 17.4. The van der Waals surface area contributed by atoms with E-state index in [0.29, 0.717) is 6.42 Å². The highest BCUT2D eigenvalue weighted by molar-refractivity contribution is 6.31. The monoisotopic (exact) mass is 562 g/mol. The molecule has 4 atom stereocenters. The predicted molar refractivity (Wildman–Crippen MR) is 146 cm³/mol. The number of hydrogen-bond acceptors (Lipinski definition) is 4. The van der Waals surface area contributed by atoms with E-state index < -0.39 is 35.1 Å². The zero-order valence-corrected chi connectivity index (χ0v) is 23.3. The third-order valence-corrected chi connectivity index (χ3v) is 8.38. The molecule has 5 nitrogen and oxygen atoms in total. The van der Waals surface area contributed by atoms with Gasteiger partial charge >= 0.3 is 0 Å². The van der Waals surface area contributed by atoms with Crippen molar-refractivity contribution in [1.82, 2.24) is 10.6 Å². The van der Waals surface area contributed by atoms with Crippen LogP contribution in [0.1, 0.15) is 69.9 Å². The molecule has 2 aromatic carbocycles. The first-order valence-electron chi connectivity index (χ1n) is 13.0. The summed E-state index contributed by atoms with van der Waals surface area (Å²) in [6.07, 6.45) is 3.47. The molecular weight excluding hydrogens is 529 g/mol. The average molecular weight is 564 g/mol. The quantitative estimate of drug-likeness (QED) is 0.418. The molecule has 0 spiro atoms. The van der Waals surface area contributed by atoms with E-state index in [1.165, 1.54) is 24.3 Å². The number of nitrogens with two attached hydrogens (primary N) is 1. The Morgan fingerprint density at radius 2 is 1.87 bits per heavy atom. The van der Waals surface area contributed by atoms with Crippen molar-refractivity contribution in [3.05, 3.63) is 69.2 Å². The van der Waals surface area contributed by atoms with Gasteiger partial charge in [-0.15, -0.1) is 0 Å². The summed E-state index contributed by atoms with van der Waals surface area (Å²) >= 11 is 12.2. The zero-order chi connectivity index (χ0) is 27.8. The normalized spacial score (nSPS) is 29.6. The van der Waals surface area contributed by atoms with Crippen molar-refractivity contribution < 1.29 is 13.6 Å². The van der Waals surface area contributed by atoms with Gasteiger partial charge in [-0.2, -0.15) is 5.26 Å². The van der Waals surface area contributed by atoms with E-state index in [4.69, 9.17) is 28.9 Å². The third kappa shape index (κ3) is 5.56. The van der Waals surface area contributed by atoms with Gasteiger partial charge in [0.2, 0.25) is 5.91 Å². The fraction of sp³-hybridized carbons (Fsp3) is 0.517. The van der Waals surface area contributed by atoms with Gasteiger partial charge in [0.1, 0.15) is 17.0 Å². The molecule has 1 amide bonds. The minimum Gasteiger partial charge on any atom is -0.352 e. The number of rotatable bonds is 5. The minimum absolute atomic E-state index is 0.0643. The molecule has 38 heavy (non-hydrogen) atoms. The number of nitrogens with zero attached hydrogens (tertiary/aromatic N) is 1. The van der Waals surface area contributed by atoms with E-state index in [1.54, 1.807) is 6.07 Å². The summed E-state index contributed by atoms with van der Waals surface area (Å²) in [5.41, 5.74) is 4.25. The molecular formula is C29H34Cl2F2N4O. The largest absolute Gasteiger partial charge is 0.352 e. The highest BCUT2D eigenvalue weighted by Crippen LogP contribution is 2.52. The zero-order valence-electron chi connectivity index (χ0n) is 21.8. The highest BCUT2D eigenvalue weighted by Gasteiger charge is 2.61. The number of benzene rings is 2. The molecule has 4 unspecified atom stereocenters. The molecule has 1 heterocycles. The molecule has 4 rings (SSSR count). The van der Waals surface area contributed by atoms with E-state index in [-0.39, 0.29) is 44.6 Å². The van der Waals surface area contributed by atoms with Crippen LogP contribution in [-0.2, 0) is 10.2 Å². The molecule has 2 aromatic rings. The number of amides is 1. The number of hydrogen-bond donors (Lipinski definition) is 3. The number of nitrogens with one attached hydrogen (secondary N) is 2. The van der Waals surface area contributed by atoms with Crippen molar-refractivity contribution in [2.24, 2.45) is 11.1 Å². The van der Waals surface area contributed by atoms with Gasteiger partial charge in [0.15, 0.2) is 0 Å². The summed E-state index contributed by atoms with van der Waals surface area (Å²) in [7, 11) is 0. The first-order chi connectivity index (χ1) is 17.9. The van der Waals surface area contributed by atoms with Crippen molar-refractivity contribution in [2.75, 3.05) is 0 Å². The predicted octanol–water partition coefficient (Wildman–Crippen LogP) is 5.98. The molecule has 0 aromatic heterocycles. The topological polar surface area (TPSA) is 90.9 Å². The highest BCUT2D eigenvalue weighted by atomic mass is 35.5. The van der Waals surface area contributed by atoms with Crippen LogP contribution in [0.5, 0.6) is 0 Å². The van der Waals surface area contributed by atoms with Gasteiger partial charge < -0.3 is 16.4 Å². The van der Waals surface area contributed by atoms with Crippen LogP contribution in [0.2, 0.25) is 10.0 Å². The lowest BCUT2D eigenvalue weighted by molar-refractivity contribution is -0.124. The molecule has 1 aliphatic heterocycles. The van der Waals surface area contributed by atoms with Gasteiger partial charge in [-0.3, -0.25) is 4.79 Å². The SMILES string of the molecule is CC(C)(C)CC1NC(C(=O)NC2CCC(N)CC2)C(c2cccc(Cl)c2F)C1(C#N)c1ccc(Cl)cc1F. The lowest BCUT2D eigenvalue weighted by Gasteiger charge is -2.37. The molecule has 2 aliphatic rings. The maximum absolute atomic E-state index is 15.7. The van der Waals surface area contributed by atoms with Gasteiger partial charge in [0.25, 0.3) is 0 Å². The number of carbonyl (C=O) groups is 1. The Labute approximate surface area is 233 Å². The molecule has 0 radical (unpaired) electrons. The standard InChI is InChI=1S/C29H34Cl2F2N4O/c1-28(2,3)14-23-29(15-34,20-12-7-16(30)13-22(20)32)24(19-5-4-6-21(31)25(19)33)26(37-23)27(38)36-18-10-8-17(35)9-11-18/h4-7,12-13,17-18,23-24,26,37H,8-11,14,35H2,1-3H3,(H,36,38). The van der Waals surface area contributed by atoms with Crippen LogP contribution < -0.4 is 16.4 Å². The Bertz CT molecular complexity index is 1240. The van der Waals surface area contributed by atoms with Crippen LogP contribution >= 0.6 is 23.2 Å². The van der Waals surface area contributed by atoms with Crippen molar-refractivity contribution in [3.8, 4) is 6.07 Å². The molecule has 204 valence electrons. The van der Waals surface area contributed by atoms with Crippen LogP contribution in [0.3, 0.4) is 0 Å². The Balaban J connectivity index is 1.90. The van der Waals surface area contributed by atoms with Crippen LogP contribution in [0, 0.1) is 28.4 Å². The van der Waals surface area contributed by atoms with Gasteiger partial charge in [-0.05, 0) is 61.3 Å². The first kappa shape index (κ1) is 28.8. The van der Waals surface area contributed by atoms with E-state index in [0.717, 1.165) is 31.7 Å². The van der Waals surface area contributed by atoms with Crippen molar-refractivity contribution >= 4 is 29.1 Å². The number of nitriles is 1. The van der Waals surface area contributed by atoms with Crippen LogP contribution in [0.4, 0.5) is 8.78 Å². The third-order valence-electron chi connectivity index (χ3n) is 7.85. The Morgan fingerprint density at radius 3 is 2.47 bits per heavy atom. The average Bonchev–Trinajstić information content (AvgIpc) is 3.15. The fourth-order valence-electron chi connectivity index (χ4n) is 6.11. The van der Waals surface area contributed by atoms with Crippen LogP contribution in [0.15, 0.2) is 36.4 Å². The molecule has 0 bridgehead atoms. The molecule has 1 saturated heterocycles. The number of carbonyl (C=O) groups excluding carboxylic acids is 1. The van der Waals surface area contributed by atoms with E-state index in [9.17, 15) is 10.1 Å². The second-order valence-corrected chi connectivity index (χ2v) is 12.7. The van der Waals surface area contributed by atoms with Crippen LogP contribution in [-0.4, -0.2) is 30.1 Å². The minimum atomic E-state index is -1.63. The Morgan fingerprint density at radius 1 is 1.18 bits per heavy atom. The summed E-state index contributed by atoms with van der Waals surface area (Å²) in [4.78, 5) is 13.9. The van der Waals surface area contributed by atoms with Gasteiger partial charge in [-0.25, -0.2) is 8.78 Å². The molecule has 4 N–H and O–H groups in total. The first-order valence-corrected chi connectivity index (χ1v) is 13.8. The van der Waals surface area contributed by atoms with Crippen LogP contribution in [0.25, 0.3) is 0 Å². The van der Waals surface area contributed by atoms with Crippen molar-refractivity contribution in [2.45, 2.75) is 88.4 Å².